The standard InChI is InChI=1S/C15H21FN2O/c16-15-7-6-13(9-18-17)14(8-15)11-19-10-12-4-2-1-3-5-12/h6-9,12H,1-5,10-11,17H2. The van der Waals surface area contributed by atoms with Crippen LogP contribution in [0, 0.1) is 11.7 Å². The first kappa shape index (κ1) is 14.0. The highest BCUT2D eigenvalue weighted by atomic mass is 19.1. The first-order valence-electron chi connectivity index (χ1n) is 6.89. The smallest absolute Gasteiger partial charge is 0.123 e. The van der Waals surface area contributed by atoms with Crippen LogP contribution in [0.3, 0.4) is 0 Å². The molecule has 1 aromatic rings. The van der Waals surface area contributed by atoms with E-state index in [1.807, 2.05) is 0 Å². The lowest BCUT2D eigenvalue weighted by Crippen LogP contribution is -2.13. The number of nitrogens with zero attached hydrogens (tertiary/aromatic N) is 1. The van der Waals surface area contributed by atoms with E-state index in [4.69, 9.17) is 10.6 Å². The molecule has 1 fully saturated rings. The van der Waals surface area contributed by atoms with Gasteiger partial charge < -0.3 is 10.6 Å². The molecule has 19 heavy (non-hydrogen) atoms. The van der Waals surface area contributed by atoms with E-state index < -0.39 is 0 Å². The molecule has 0 spiro atoms. The first-order chi connectivity index (χ1) is 9.29. The number of hydrogen-bond acceptors (Lipinski definition) is 3. The Kier molecular flexibility index (Phi) is 5.33. The summed E-state index contributed by atoms with van der Waals surface area (Å²) in [4.78, 5) is 0. The zero-order valence-electron chi connectivity index (χ0n) is 11.1. The largest absolute Gasteiger partial charge is 0.376 e. The summed E-state index contributed by atoms with van der Waals surface area (Å²) in [6.07, 6.45) is 7.98. The normalized spacial score (nSPS) is 17.1. The number of hydrogen-bond donors (Lipinski definition) is 1. The number of rotatable bonds is 5. The van der Waals surface area contributed by atoms with E-state index in [0.29, 0.717) is 12.5 Å². The van der Waals surface area contributed by atoms with Crippen LogP contribution in [0.5, 0.6) is 0 Å². The molecule has 1 aliphatic rings. The Morgan fingerprint density at radius 3 is 2.84 bits per heavy atom. The van der Waals surface area contributed by atoms with Crippen LogP contribution in [-0.4, -0.2) is 12.8 Å². The summed E-state index contributed by atoms with van der Waals surface area (Å²) in [5, 5.41) is 3.49. The molecule has 0 radical (unpaired) electrons. The fourth-order valence-corrected chi connectivity index (χ4v) is 2.59. The number of ether oxygens (including phenoxy) is 1. The van der Waals surface area contributed by atoms with Crippen LogP contribution in [-0.2, 0) is 11.3 Å². The van der Waals surface area contributed by atoms with Crippen molar-refractivity contribution in [3.05, 3.63) is 35.1 Å². The third-order valence-electron chi connectivity index (χ3n) is 3.65. The van der Waals surface area contributed by atoms with E-state index in [1.54, 1.807) is 6.07 Å². The molecule has 1 saturated carbocycles. The Balaban J connectivity index is 1.89. The highest BCUT2D eigenvalue weighted by molar-refractivity contribution is 5.81. The van der Waals surface area contributed by atoms with Gasteiger partial charge in [-0.1, -0.05) is 25.3 Å². The lowest BCUT2D eigenvalue weighted by atomic mass is 9.90. The van der Waals surface area contributed by atoms with Crippen molar-refractivity contribution >= 4 is 6.21 Å². The highest BCUT2D eigenvalue weighted by Crippen LogP contribution is 2.24. The molecule has 0 aliphatic heterocycles. The maximum absolute atomic E-state index is 13.2. The van der Waals surface area contributed by atoms with Crippen molar-refractivity contribution in [3.63, 3.8) is 0 Å². The van der Waals surface area contributed by atoms with Crippen molar-refractivity contribution < 1.29 is 9.13 Å². The van der Waals surface area contributed by atoms with Crippen LogP contribution in [0.2, 0.25) is 0 Å². The van der Waals surface area contributed by atoms with Gasteiger partial charge in [-0.05, 0) is 36.5 Å². The van der Waals surface area contributed by atoms with Gasteiger partial charge in [0.2, 0.25) is 0 Å². The maximum atomic E-state index is 13.2. The molecule has 0 heterocycles. The molecule has 0 saturated heterocycles. The predicted octanol–water partition coefficient (Wildman–Crippen LogP) is 3.22. The van der Waals surface area contributed by atoms with Gasteiger partial charge in [-0.3, -0.25) is 0 Å². The quantitative estimate of drug-likeness (QED) is 0.504. The average Bonchev–Trinajstić information content (AvgIpc) is 2.43. The summed E-state index contributed by atoms with van der Waals surface area (Å²) in [5.41, 5.74) is 1.61. The molecule has 0 aromatic heterocycles. The Hall–Kier alpha value is -1.42. The third kappa shape index (κ3) is 4.31. The molecule has 3 nitrogen and oxygen atoms in total. The number of benzene rings is 1. The van der Waals surface area contributed by atoms with Crippen LogP contribution in [0.25, 0.3) is 0 Å². The van der Waals surface area contributed by atoms with Crippen LogP contribution >= 0.6 is 0 Å². The van der Waals surface area contributed by atoms with E-state index in [0.717, 1.165) is 17.7 Å². The van der Waals surface area contributed by atoms with Crippen molar-refractivity contribution in [3.8, 4) is 0 Å². The second-order valence-corrected chi connectivity index (χ2v) is 5.14. The van der Waals surface area contributed by atoms with Crippen LogP contribution in [0.4, 0.5) is 4.39 Å². The lowest BCUT2D eigenvalue weighted by Gasteiger charge is -2.21. The fraction of sp³-hybridized carbons (Fsp3) is 0.533. The monoisotopic (exact) mass is 264 g/mol. The van der Waals surface area contributed by atoms with Crippen LogP contribution in [0.15, 0.2) is 23.3 Å². The van der Waals surface area contributed by atoms with Gasteiger partial charge in [-0.25, -0.2) is 4.39 Å². The van der Waals surface area contributed by atoms with Crippen molar-refractivity contribution in [1.29, 1.82) is 0 Å². The van der Waals surface area contributed by atoms with Crippen molar-refractivity contribution in [2.45, 2.75) is 38.7 Å². The molecular weight excluding hydrogens is 243 g/mol. The van der Waals surface area contributed by atoms with Crippen LogP contribution in [0.1, 0.15) is 43.2 Å². The minimum Gasteiger partial charge on any atom is -0.376 e. The van der Waals surface area contributed by atoms with Gasteiger partial charge in [0.25, 0.3) is 0 Å². The summed E-state index contributed by atoms with van der Waals surface area (Å²) >= 11 is 0. The molecule has 0 amide bonds. The molecule has 0 bridgehead atoms. The van der Waals surface area contributed by atoms with Gasteiger partial charge in [0, 0.05) is 12.2 Å². The van der Waals surface area contributed by atoms with E-state index >= 15 is 0 Å². The topological polar surface area (TPSA) is 47.6 Å². The van der Waals surface area contributed by atoms with Gasteiger partial charge >= 0.3 is 0 Å². The number of halogens is 1. The Morgan fingerprint density at radius 1 is 1.32 bits per heavy atom. The maximum Gasteiger partial charge on any atom is 0.123 e. The molecule has 0 atom stereocenters. The third-order valence-corrected chi connectivity index (χ3v) is 3.65. The number of hydrazone groups is 1. The van der Waals surface area contributed by atoms with Crippen molar-refractivity contribution in [1.82, 2.24) is 0 Å². The lowest BCUT2D eigenvalue weighted by molar-refractivity contribution is 0.0737. The van der Waals surface area contributed by atoms with Gasteiger partial charge in [0.15, 0.2) is 0 Å². The minimum absolute atomic E-state index is 0.259. The molecule has 4 heteroatoms. The number of nitrogens with two attached hydrogens (primary N) is 1. The molecule has 0 unspecified atom stereocenters. The zero-order valence-corrected chi connectivity index (χ0v) is 11.1. The van der Waals surface area contributed by atoms with Crippen molar-refractivity contribution in [2.24, 2.45) is 16.9 Å². The molecule has 2 rings (SSSR count). The second-order valence-electron chi connectivity index (χ2n) is 5.14. The minimum atomic E-state index is -0.259. The molecule has 104 valence electrons. The first-order valence-corrected chi connectivity index (χ1v) is 6.89. The summed E-state index contributed by atoms with van der Waals surface area (Å²) in [6, 6.07) is 4.56. The highest BCUT2D eigenvalue weighted by Gasteiger charge is 2.13. The summed E-state index contributed by atoms with van der Waals surface area (Å²) < 4.78 is 19.0. The van der Waals surface area contributed by atoms with E-state index in [9.17, 15) is 4.39 Å². The molecule has 1 aliphatic carbocycles. The SMILES string of the molecule is NN=Cc1ccc(F)cc1COCC1CCCCC1. The summed E-state index contributed by atoms with van der Waals surface area (Å²) in [5.74, 6) is 5.55. The van der Waals surface area contributed by atoms with Gasteiger partial charge in [-0.15, -0.1) is 0 Å². The average molecular weight is 264 g/mol. The van der Waals surface area contributed by atoms with Gasteiger partial charge in [0.05, 0.1) is 12.8 Å². The summed E-state index contributed by atoms with van der Waals surface area (Å²) in [7, 11) is 0. The Morgan fingerprint density at radius 2 is 2.11 bits per heavy atom. The Bertz CT molecular complexity index is 428. The molecule has 2 N–H and O–H groups in total. The van der Waals surface area contributed by atoms with Gasteiger partial charge in [-0.2, -0.15) is 5.10 Å². The molecule has 1 aromatic carbocycles. The Labute approximate surface area is 113 Å². The fourth-order valence-electron chi connectivity index (χ4n) is 2.59. The van der Waals surface area contributed by atoms with E-state index in [1.165, 1.54) is 50.5 Å². The zero-order chi connectivity index (χ0) is 13.5. The molecular formula is C15H21FN2O. The van der Waals surface area contributed by atoms with E-state index in [-0.39, 0.29) is 5.82 Å². The van der Waals surface area contributed by atoms with Crippen molar-refractivity contribution in [2.75, 3.05) is 6.61 Å². The second kappa shape index (κ2) is 7.24. The van der Waals surface area contributed by atoms with E-state index in [2.05, 4.69) is 5.10 Å². The van der Waals surface area contributed by atoms with Crippen LogP contribution < -0.4 is 5.84 Å². The predicted molar refractivity (Wildman–Crippen MR) is 74.4 cm³/mol. The summed E-state index contributed by atoms with van der Waals surface area (Å²) in [6.45, 7) is 1.17. The van der Waals surface area contributed by atoms with Gasteiger partial charge in [0.1, 0.15) is 5.82 Å².